The second kappa shape index (κ2) is 12.1. The Labute approximate surface area is 265 Å². The van der Waals surface area contributed by atoms with Gasteiger partial charge in [0.25, 0.3) is 5.91 Å². The molecule has 2 saturated heterocycles. The van der Waals surface area contributed by atoms with E-state index >= 15 is 0 Å². The van der Waals surface area contributed by atoms with Crippen molar-refractivity contribution in [2.75, 3.05) is 56.0 Å². The van der Waals surface area contributed by atoms with Gasteiger partial charge in [-0.3, -0.25) is 9.69 Å². The number of urea groups is 1. The van der Waals surface area contributed by atoms with Crippen LogP contribution in [0.3, 0.4) is 0 Å². The van der Waals surface area contributed by atoms with Gasteiger partial charge in [0.15, 0.2) is 0 Å². The maximum Gasteiger partial charge on any atom is 0.322 e. The first-order chi connectivity index (χ1) is 20.8. The first-order valence-electron chi connectivity index (χ1n) is 16.2. The highest BCUT2D eigenvalue weighted by Crippen LogP contribution is 2.59. The van der Waals surface area contributed by atoms with Crippen molar-refractivity contribution in [2.24, 2.45) is 23.2 Å². The van der Waals surface area contributed by atoms with Gasteiger partial charge in [0.1, 0.15) is 0 Å². The Balaban J connectivity index is 0.892. The normalized spacial score (nSPS) is 28.4. The molecule has 0 radical (unpaired) electrons. The molecular formula is C34H43Cl2N5O2. The fourth-order valence-corrected chi connectivity index (χ4v) is 9.72. The Kier molecular flexibility index (Phi) is 8.25. The van der Waals surface area contributed by atoms with E-state index in [-0.39, 0.29) is 11.9 Å². The van der Waals surface area contributed by atoms with Crippen LogP contribution in [0, 0.1) is 23.2 Å². The minimum absolute atomic E-state index is 0.0326. The molecule has 6 aliphatic rings. The first kappa shape index (κ1) is 29.2. The van der Waals surface area contributed by atoms with Gasteiger partial charge in [-0.15, -0.1) is 0 Å². The molecule has 0 aromatic heterocycles. The van der Waals surface area contributed by atoms with Gasteiger partial charge < -0.3 is 20.4 Å². The first-order valence-corrected chi connectivity index (χ1v) is 17.0. The van der Waals surface area contributed by atoms with Crippen LogP contribution in [0.15, 0.2) is 36.4 Å². The Morgan fingerprint density at radius 3 is 1.98 bits per heavy atom. The van der Waals surface area contributed by atoms with E-state index in [9.17, 15) is 9.59 Å². The van der Waals surface area contributed by atoms with Crippen LogP contribution >= 0.6 is 23.2 Å². The third kappa shape index (κ3) is 6.36. The lowest BCUT2D eigenvalue weighted by Gasteiger charge is -2.56. The molecule has 4 saturated carbocycles. The van der Waals surface area contributed by atoms with Crippen molar-refractivity contribution in [3.05, 3.63) is 57.6 Å². The number of hydrogen-bond acceptors (Lipinski definition) is 4. The number of benzene rings is 2. The van der Waals surface area contributed by atoms with Crippen molar-refractivity contribution < 1.29 is 9.59 Å². The van der Waals surface area contributed by atoms with Crippen molar-refractivity contribution in [1.82, 2.24) is 15.1 Å². The number of likely N-dealkylation sites (tertiary alicyclic amines) is 1. The zero-order chi connectivity index (χ0) is 29.6. The van der Waals surface area contributed by atoms with Gasteiger partial charge in [0, 0.05) is 50.5 Å². The van der Waals surface area contributed by atoms with Gasteiger partial charge in [-0.2, -0.15) is 0 Å². The van der Waals surface area contributed by atoms with Gasteiger partial charge >= 0.3 is 6.03 Å². The number of anilines is 2. The topological polar surface area (TPSA) is 67.9 Å². The minimum atomic E-state index is -0.193. The van der Waals surface area contributed by atoms with Crippen LogP contribution in [0.5, 0.6) is 0 Å². The molecule has 4 aliphatic carbocycles. The Morgan fingerprint density at radius 1 is 0.814 bits per heavy atom. The lowest BCUT2D eigenvalue weighted by Crippen LogP contribution is -2.51. The van der Waals surface area contributed by atoms with E-state index in [0.29, 0.717) is 52.9 Å². The third-order valence-electron chi connectivity index (χ3n) is 10.8. The zero-order valence-electron chi connectivity index (χ0n) is 24.9. The predicted molar refractivity (Wildman–Crippen MR) is 173 cm³/mol. The summed E-state index contributed by atoms with van der Waals surface area (Å²) in [6.45, 7) is 6.43. The third-order valence-corrected chi connectivity index (χ3v) is 11.4. The number of carbonyl (C=O) groups is 2. The van der Waals surface area contributed by atoms with Crippen molar-refractivity contribution in [1.29, 1.82) is 0 Å². The summed E-state index contributed by atoms with van der Waals surface area (Å²) in [7, 11) is 0. The molecule has 7 nitrogen and oxygen atoms in total. The molecule has 2 aromatic carbocycles. The van der Waals surface area contributed by atoms with Crippen molar-refractivity contribution in [3.63, 3.8) is 0 Å². The number of nitrogens with zero attached hydrogens (tertiary/aromatic N) is 3. The molecule has 0 unspecified atom stereocenters. The summed E-state index contributed by atoms with van der Waals surface area (Å²) in [4.78, 5) is 32.6. The summed E-state index contributed by atoms with van der Waals surface area (Å²) >= 11 is 13.1. The highest BCUT2D eigenvalue weighted by atomic mass is 35.5. The quantitative estimate of drug-likeness (QED) is 0.352. The molecule has 2 N–H and O–H groups in total. The molecule has 0 atom stereocenters. The highest BCUT2D eigenvalue weighted by molar-refractivity contribution is 6.39. The molecule has 4 bridgehead atoms. The van der Waals surface area contributed by atoms with Crippen LogP contribution in [0.4, 0.5) is 16.2 Å². The molecule has 230 valence electrons. The van der Waals surface area contributed by atoms with E-state index in [0.717, 1.165) is 55.2 Å². The summed E-state index contributed by atoms with van der Waals surface area (Å²) in [5.41, 5.74) is 3.65. The van der Waals surface area contributed by atoms with Gasteiger partial charge in [-0.25, -0.2) is 4.79 Å². The molecule has 8 rings (SSSR count). The second-order valence-corrected chi connectivity index (χ2v) is 14.8. The van der Waals surface area contributed by atoms with Crippen molar-refractivity contribution in [2.45, 2.75) is 57.9 Å². The van der Waals surface area contributed by atoms with E-state index in [1.807, 2.05) is 36.4 Å². The Morgan fingerprint density at radius 2 is 1.40 bits per heavy atom. The summed E-state index contributed by atoms with van der Waals surface area (Å²) in [6, 6.07) is 11.5. The number of carbonyl (C=O) groups excluding carboxylic acids is 2. The predicted octanol–water partition coefficient (Wildman–Crippen LogP) is 6.89. The van der Waals surface area contributed by atoms with Crippen LogP contribution in [0.25, 0.3) is 0 Å². The van der Waals surface area contributed by atoms with E-state index in [2.05, 4.69) is 20.4 Å². The van der Waals surface area contributed by atoms with Crippen LogP contribution in [0.1, 0.15) is 67.3 Å². The Bertz CT molecular complexity index is 1290. The molecule has 2 aliphatic heterocycles. The van der Waals surface area contributed by atoms with Crippen LogP contribution in [-0.4, -0.2) is 67.6 Å². The van der Waals surface area contributed by atoms with Gasteiger partial charge in [0.05, 0.1) is 15.7 Å². The second-order valence-electron chi connectivity index (χ2n) is 14.0. The van der Waals surface area contributed by atoms with Crippen LogP contribution in [-0.2, 0) is 6.54 Å². The van der Waals surface area contributed by atoms with Gasteiger partial charge in [-0.1, -0.05) is 23.2 Å². The summed E-state index contributed by atoms with van der Waals surface area (Å²) in [5, 5.41) is 7.18. The fourth-order valence-electron chi connectivity index (χ4n) is 9.09. The zero-order valence-corrected chi connectivity index (χ0v) is 26.4. The summed E-state index contributed by atoms with van der Waals surface area (Å²) in [5.74, 6) is 2.70. The summed E-state index contributed by atoms with van der Waals surface area (Å²) < 4.78 is 0. The van der Waals surface area contributed by atoms with E-state index in [1.54, 1.807) is 4.90 Å². The monoisotopic (exact) mass is 623 g/mol. The van der Waals surface area contributed by atoms with Crippen LogP contribution in [0.2, 0.25) is 10.0 Å². The largest absolute Gasteiger partial charge is 0.368 e. The fraction of sp³-hybridized carbons (Fsp3) is 0.588. The molecule has 3 amide bonds. The minimum Gasteiger partial charge on any atom is -0.368 e. The highest BCUT2D eigenvalue weighted by Gasteiger charge is 2.50. The average molecular weight is 625 g/mol. The van der Waals surface area contributed by atoms with Crippen LogP contribution < -0.4 is 15.5 Å². The molecule has 6 fully saturated rings. The van der Waals surface area contributed by atoms with Crippen molar-refractivity contribution >= 4 is 46.5 Å². The molecule has 43 heavy (non-hydrogen) atoms. The number of hydrogen-bond donors (Lipinski definition) is 2. The molecule has 0 spiro atoms. The maximum absolute atomic E-state index is 13.1. The number of halogens is 2. The molecule has 9 heteroatoms. The molecule has 2 aromatic rings. The SMILES string of the molecule is O=C(NCC12CC3CC(CC(C3)C1)C2)c1ccc(N2CCN(C(=O)Nc3c(Cl)cc(CN4CCCC4)cc3Cl)CC2)cc1. The van der Waals surface area contributed by atoms with Gasteiger partial charge in [-0.05, 0) is 130 Å². The van der Waals surface area contributed by atoms with Crippen molar-refractivity contribution in [3.8, 4) is 0 Å². The summed E-state index contributed by atoms with van der Waals surface area (Å²) in [6.07, 6.45) is 10.6. The van der Waals surface area contributed by atoms with Gasteiger partial charge in [0.2, 0.25) is 0 Å². The lowest BCUT2D eigenvalue weighted by molar-refractivity contribution is -0.0503. The number of piperazine rings is 1. The number of rotatable bonds is 7. The van der Waals surface area contributed by atoms with E-state index in [1.165, 1.54) is 51.4 Å². The Hall–Kier alpha value is -2.48. The molecule has 2 heterocycles. The van der Waals surface area contributed by atoms with E-state index in [4.69, 9.17) is 23.2 Å². The lowest BCUT2D eigenvalue weighted by atomic mass is 9.49. The number of amides is 3. The smallest absolute Gasteiger partial charge is 0.322 e. The molecular weight excluding hydrogens is 581 g/mol. The average Bonchev–Trinajstić information content (AvgIpc) is 3.50. The standard InChI is InChI=1S/C34H43Cl2N5O2/c35-29-16-26(21-39-7-1-2-8-39)17-30(36)31(29)38-33(43)41-11-9-40(10-12-41)28-5-3-27(4-6-28)32(42)37-22-34-18-23-13-24(19-34)15-25(14-23)20-34/h3-6,16-17,23-25H,1-2,7-15,18-22H2,(H,37,42)(H,38,43). The number of nitrogens with one attached hydrogen (secondary N) is 2. The van der Waals surface area contributed by atoms with E-state index < -0.39 is 0 Å². The maximum atomic E-state index is 13.1.